The molecule has 0 aliphatic heterocycles. The summed E-state index contributed by atoms with van der Waals surface area (Å²) in [6.45, 7) is 0.989. The van der Waals surface area contributed by atoms with E-state index in [9.17, 15) is 27.6 Å². The van der Waals surface area contributed by atoms with Gasteiger partial charge >= 0.3 is 5.69 Å². The number of aromatic nitrogens is 4. The zero-order valence-electron chi connectivity index (χ0n) is 16.2. The van der Waals surface area contributed by atoms with Gasteiger partial charge in [0.1, 0.15) is 11.5 Å². The normalized spacial score (nSPS) is 10.8. The summed E-state index contributed by atoms with van der Waals surface area (Å²) in [5.41, 5.74) is -1.18. The lowest BCUT2D eigenvalue weighted by atomic mass is 10.2. The van der Waals surface area contributed by atoms with Gasteiger partial charge < -0.3 is 10.2 Å². The number of halogens is 3. The van der Waals surface area contributed by atoms with E-state index >= 15 is 0 Å². The fraction of sp³-hybridized carbons (Fsp3) is 0.278. The Labute approximate surface area is 177 Å². The molecule has 2 heterocycles. The lowest BCUT2D eigenvalue weighted by Crippen LogP contribution is -2.42. The molecule has 0 radical (unpaired) electrons. The van der Waals surface area contributed by atoms with Gasteiger partial charge in [-0.15, -0.1) is 11.3 Å². The number of hydrogen-bond acceptors (Lipinski definition) is 6. The van der Waals surface area contributed by atoms with Crippen molar-refractivity contribution in [3.63, 3.8) is 0 Å². The first-order valence-corrected chi connectivity index (χ1v) is 9.97. The number of benzene rings is 1. The minimum absolute atomic E-state index is 0.167. The van der Waals surface area contributed by atoms with Gasteiger partial charge in [0, 0.05) is 6.54 Å². The van der Waals surface area contributed by atoms with Gasteiger partial charge in [-0.05, 0) is 46.5 Å². The molecule has 13 heteroatoms. The van der Waals surface area contributed by atoms with E-state index in [-0.39, 0.29) is 6.54 Å². The molecule has 1 N–H and O–H groups in total. The van der Waals surface area contributed by atoms with Gasteiger partial charge in [0.15, 0.2) is 17.5 Å². The summed E-state index contributed by atoms with van der Waals surface area (Å²) >= 11 is 1.27. The van der Waals surface area contributed by atoms with E-state index in [2.05, 4.69) is 15.7 Å². The summed E-state index contributed by atoms with van der Waals surface area (Å²) in [4.78, 5) is 38.4. The second kappa shape index (κ2) is 9.55. The van der Waals surface area contributed by atoms with Gasteiger partial charge in [0.2, 0.25) is 11.8 Å². The number of tetrazole rings is 1. The minimum Gasteiger partial charge on any atom is -0.332 e. The molecule has 31 heavy (non-hydrogen) atoms. The maximum Gasteiger partial charge on any atom is 0.369 e. The molecule has 0 bridgehead atoms. The molecule has 0 fully saturated rings. The van der Waals surface area contributed by atoms with E-state index < -0.39 is 53.7 Å². The molecule has 0 unspecified atom stereocenters. The van der Waals surface area contributed by atoms with Crippen molar-refractivity contribution in [3.8, 4) is 5.00 Å². The first-order chi connectivity index (χ1) is 14.8. The number of anilines is 1. The van der Waals surface area contributed by atoms with E-state index in [0.29, 0.717) is 17.5 Å². The zero-order valence-corrected chi connectivity index (χ0v) is 17.0. The second-order valence-corrected chi connectivity index (χ2v) is 7.29. The highest BCUT2D eigenvalue weighted by Crippen LogP contribution is 2.19. The maximum atomic E-state index is 13.8. The van der Waals surface area contributed by atoms with Gasteiger partial charge in [0.05, 0.1) is 12.2 Å². The summed E-state index contributed by atoms with van der Waals surface area (Å²) in [6, 6.07) is 4.94. The number of nitrogens with zero attached hydrogens (tertiary/aromatic N) is 5. The van der Waals surface area contributed by atoms with Crippen LogP contribution in [0.3, 0.4) is 0 Å². The topological polar surface area (TPSA) is 102 Å². The molecule has 9 nitrogen and oxygen atoms in total. The van der Waals surface area contributed by atoms with Crippen LogP contribution in [0.1, 0.15) is 13.3 Å². The van der Waals surface area contributed by atoms with Gasteiger partial charge in [-0.3, -0.25) is 9.59 Å². The Morgan fingerprint density at radius 1 is 1.16 bits per heavy atom. The minimum atomic E-state index is -1.72. The summed E-state index contributed by atoms with van der Waals surface area (Å²) in [5, 5.41) is 11.8. The average molecular weight is 454 g/mol. The summed E-state index contributed by atoms with van der Waals surface area (Å²) < 4.78 is 42.0. The van der Waals surface area contributed by atoms with Crippen molar-refractivity contribution in [3.05, 3.63) is 57.6 Å². The Bertz CT molecular complexity index is 1150. The maximum absolute atomic E-state index is 13.8. The van der Waals surface area contributed by atoms with Crippen molar-refractivity contribution in [1.82, 2.24) is 24.7 Å². The number of rotatable bonds is 8. The third-order valence-corrected chi connectivity index (χ3v) is 4.97. The predicted octanol–water partition coefficient (Wildman–Crippen LogP) is 1.79. The highest BCUT2D eigenvalue weighted by molar-refractivity contribution is 7.12. The van der Waals surface area contributed by atoms with Crippen molar-refractivity contribution < 1.29 is 22.8 Å². The van der Waals surface area contributed by atoms with Crippen molar-refractivity contribution >= 4 is 28.8 Å². The van der Waals surface area contributed by atoms with Crippen LogP contribution in [-0.4, -0.2) is 49.6 Å². The second-order valence-electron chi connectivity index (χ2n) is 6.37. The molecule has 164 valence electrons. The fourth-order valence-corrected chi connectivity index (χ4v) is 3.35. The molecule has 2 amide bonds. The predicted molar refractivity (Wildman–Crippen MR) is 105 cm³/mol. The Balaban J connectivity index is 1.69. The number of hydrogen-bond donors (Lipinski definition) is 1. The van der Waals surface area contributed by atoms with Gasteiger partial charge in [-0.1, -0.05) is 6.92 Å². The number of carbonyl (C=O) groups excluding carboxylic acids is 2. The molecular formula is C18H17F3N6O3S. The lowest BCUT2D eigenvalue weighted by molar-refractivity contribution is -0.135. The third-order valence-electron chi connectivity index (χ3n) is 4.13. The molecule has 0 saturated heterocycles. The molecular weight excluding hydrogens is 437 g/mol. The smallest absolute Gasteiger partial charge is 0.332 e. The van der Waals surface area contributed by atoms with Crippen LogP contribution in [0.4, 0.5) is 18.9 Å². The SMILES string of the molecule is CCCN(CC(=O)Nc1ccc(F)c(F)c1F)C(=O)Cn1nnn(-c2cccs2)c1=O. The van der Waals surface area contributed by atoms with Gasteiger partial charge in [-0.25, -0.2) is 18.0 Å². The molecule has 0 aliphatic carbocycles. The number of amides is 2. The fourth-order valence-electron chi connectivity index (χ4n) is 2.68. The quantitative estimate of drug-likeness (QED) is 0.523. The van der Waals surface area contributed by atoms with Crippen molar-refractivity contribution in [2.24, 2.45) is 0 Å². The summed E-state index contributed by atoms with van der Waals surface area (Å²) in [7, 11) is 0. The van der Waals surface area contributed by atoms with Crippen LogP contribution in [0.25, 0.3) is 5.00 Å². The van der Waals surface area contributed by atoms with Crippen molar-refractivity contribution in [2.45, 2.75) is 19.9 Å². The molecule has 3 rings (SSSR count). The number of carbonyl (C=O) groups is 2. The van der Waals surface area contributed by atoms with E-state index in [1.54, 1.807) is 24.4 Å². The highest BCUT2D eigenvalue weighted by atomic mass is 32.1. The first-order valence-electron chi connectivity index (χ1n) is 9.09. The Morgan fingerprint density at radius 2 is 1.94 bits per heavy atom. The van der Waals surface area contributed by atoms with Gasteiger partial charge in [0.25, 0.3) is 0 Å². The summed E-state index contributed by atoms with van der Waals surface area (Å²) in [5.74, 6) is -6.06. The molecule has 3 aromatic rings. The largest absolute Gasteiger partial charge is 0.369 e. The molecule has 0 atom stereocenters. The van der Waals surface area contributed by atoms with E-state index in [1.807, 2.05) is 0 Å². The Morgan fingerprint density at radius 3 is 2.61 bits per heavy atom. The van der Waals surface area contributed by atoms with E-state index in [0.717, 1.165) is 20.3 Å². The molecule has 0 saturated carbocycles. The van der Waals surface area contributed by atoms with Crippen LogP contribution in [-0.2, 0) is 16.1 Å². The molecule has 0 spiro atoms. The van der Waals surface area contributed by atoms with Crippen LogP contribution < -0.4 is 11.0 Å². The van der Waals surface area contributed by atoms with E-state index in [1.165, 1.54) is 11.3 Å². The van der Waals surface area contributed by atoms with Crippen LogP contribution in [0, 0.1) is 17.5 Å². The molecule has 0 aliphatic rings. The van der Waals surface area contributed by atoms with E-state index in [4.69, 9.17) is 0 Å². The number of nitrogens with one attached hydrogen (secondary N) is 1. The first kappa shape index (κ1) is 22.2. The van der Waals surface area contributed by atoms with Crippen molar-refractivity contribution in [1.29, 1.82) is 0 Å². The zero-order chi connectivity index (χ0) is 22.5. The highest BCUT2D eigenvalue weighted by Gasteiger charge is 2.21. The van der Waals surface area contributed by atoms with Crippen molar-refractivity contribution in [2.75, 3.05) is 18.4 Å². The Kier molecular flexibility index (Phi) is 6.84. The average Bonchev–Trinajstić information content (AvgIpc) is 3.38. The lowest BCUT2D eigenvalue weighted by Gasteiger charge is -2.21. The Hall–Kier alpha value is -3.48. The summed E-state index contributed by atoms with van der Waals surface area (Å²) in [6.07, 6.45) is 0.495. The number of thiophene rings is 1. The molecule has 2 aromatic heterocycles. The van der Waals surface area contributed by atoms with Crippen LogP contribution in [0.5, 0.6) is 0 Å². The van der Waals surface area contributed by atoms with Crippen LogP contribution in [0.15, 0.2) is 34.4 Å². The van der Waals surface area contributed by atoms with Gasteiger partial charge in [-0.2, -0.15) is 9.36 Å². The van der Waals surface area contributed by atoms with Crippen LogP contribution >= 0.6 is 11.3 Å². The standard InChI is InChI=1S/C18H17F3N6O3S/c1-2-7-25(9-13(28)22-12-6-5-11(19)16(20)17(12)21)14(29)10-26-18(30)27(24-23-26)15-4-3-8-31-15/h3-6,8H,2,7,9-10H2,1H3,(H,22,28). The third kappa shape index (κ3) is 4.99. The molecule has 1 aromatic carbocycles. The van der Waals surface area contributed by atoms with Crippen LogP contribution in [0.2, 0.25) is 0 Å². The monoisotopic (exact) mass is 454 g/mol.